The second-order valence-corrected chi connectivity index (χ2v) is 5.58. The summed E-state index contributed by atoms with van der Waals surface area (Å²) < 4.78 is 5.34. The normalized spacial score (nSPS) is 11.1. The number of ether oxygens (including phenoxy) is 1. The summed E-state index contributed by atoms with van der Waals surface area (Å²) in [5.41, 5.74) is 2.34. The highest BCUT2D eigenvalue weighted by Gasteiger charge is 2.03. The first kappa shape index (κ1) is 19.8. The van der Waals surface area contributed by atoms with Crippen LogP contribution in [-0.4, -0.2) is 45.7 Å². The zero-order valence-corrected chi connectivity index (χ0v) is 15.2. The molecule has 0 saturated heterocycles. The number of aryl methyl sites for hydroxylation is 1. The van der Waals surface area contributed by atoms with Crippen molar-refractivity contribution in [2.45, 2.75) is 33.1 Å². The number of nitrogens with zero attached hydrogens (tertiary/aromatic N) is 1. The van der Waals surface area contributed by atoms with E-state index in [9.17, 15) is 4.79 Å². The molecule has 24 heavy (non-hydrogen) atoms. The maximum Gasteiger partial charge on any atom is 0.221 e. The van der Waals surface area contributed by atoms with Gasteiger partial charge in [0.05, 0.1) is 7.11 Å². The lowest BCUT2D eigenvalue weighted by atomic mass is 10.1. The average molecular weight is 334 g/mol. The van der Waals surface area contributed by atoms with Gasteiger partial charge in [-0.3, -0.25) is 9.79 Å². The Morgan fingerprint density at radius 3 is 2.58 bits per heavy atom. The van der Waals surface area contributed by atoms with E-state index in [1.54, 1.807) is 14.2 Å². The minimum Gasteiger partial charge on any atom is -0.496 e. The summed E-state index contributed by atoms with van der Waals surface area (Å²) in [5, 5.41) is 9.25. The molecular weight excluding hydrogens is 304 g/mol. The van der Waals surface area contributed by atoms with Gasteiger partial charge in [-0.2, -0.15) is 0 Å². The van der Waals surface area contributed by atoms with Gasteiger partial charge in [0.2, 0.25) is 5.91 Å². The zero-order valence-electron chi connectivity index (χ0n) is 15.2. The second-order valence-electron chi connectivity index (χ2n) is 5.58. The van der Waals surface area contributed by atoms with Gasteiger partial charge in [0, 0.05) is 33.1 Å². The van der Waals surface area contributed by atoms with E-state index >= 15 is 0 Å². The van der Waals surface area contributed by atoms with Gasteiger partial charge in [0.15, 0.2) is 5.96 Å². The second kappa shape index (κ2) is 11.3. The van der Waals surface area contributed by atoms with Crippen LogP contribution in [0, 0.1) is 6.92 Å². The van der Waals surface area contributed by atoms with Crippen molar-refractivity contribution in [1.82, 2.24) is 16.0 Å². The Hall–Kier alpha value is -2.24. The first-order valence-corrected chi connectivity index (χ1v) is 8.45. The van der Waals surface area contributed by atoms with Crippen LogP contribution in [0.3, 0.4) is 0 Å². The molecule has 1 rings (SSSR count). The molecule has 0 aromatic heterocycles. The number of nitrogens with one attached hydrogen (secondary N) is 3. The molecule has 0 spiro atoms. The molecule has 6 nitrogen and oxygen atoms in total. The third-order valence-corrected chi connectivity index (χ3v) is 3.62. The fourth-order valence-corrected chi connectivity index (χ4v) is 2.21. The number of rotatable bonds is 9. The third-order valence-electron chi connectivity index (χ3n) is 3.62. The largest absolute Gasteiger partial charge is 0.496 e. The van der Waals surface area contributed by atoms with E-state index in [0.717, 1.165) is 37.2 Å². The van der Waals surface area contributed by atoms with E-state index in [1.165, 1.54) is 5.56 Å². The van der Waals surface area contributed by atoms with Crippen LogP contribution in [0.4, 0.5) is 0 Å². The number of carbonyl (C=O) groups excluding carboxylic acids is 1. The van der Waals surface area contributed by atoms with Crippen molar-refractivity contribution in [1.29, 1.82) is 0 Å². The minimum absolute atomic E-state index is 0.0616. The van der Waals surface area contributed by atoms with E-state index in [-0.39, 0.29) is 5.91 Å². The monoisotopic (exact) mass is 334 g/mol. The smallest absolute Gasteiger partial charge is 0.221 e. The number of benzene rings is 1. The van der Waals surface area contributed by atoms with Gasteiger partial charge in [0.1, 0.15) is 5.75 Å². The zero-order chi connectivity index (χ0) is 17.8. The number of carbonyl (C=O) groups is 1. The molecule has 0 aliphatic heterocycles. The Bertz CT molecular complexity index is 544. The van der Waals surface area contributed by atoms with Crippen molar-refractivity contribution in [3.63, 3.8) is 0 Å². The molecule has 0 aliphatic rings. The molecule has 0 bridgehead atoms. The lowest BCUT2D eigenvalue weighted by molar-refractivity contribution is -0.120. The molecule has 0 saturated carbocycles. The summed E-state index contributed by atoms with van der Waals surface area (Å²) in [5.74, 6) is 1.68. The van der Waals surface area contributed by atoms with Crippen LogP contribution in [0.2, 0.25) is 0 Å². The molecule has 1 aromatic carbocycles. The van der Waals surface area contributed by atoms with Gasteiger partial charge >= 0.3 is 0 Å². The van der Waals surface area contributed by atoms with Gasteiger partial charge < -0.3 is 20.7 Å². The predicted octanol–water partition coefficient (Wildman–Crippen LogP) is 1.63. The fraction of sp³-hybridized carbons (Fsp3) is 0.556. The highest BCUT2D eigenvalue weighted by Crippen LogP contribution is 2.18. The molecule has 0 fully saturated rings. The Balaban J connectivity index is 2.30. The third kappa shape index (κ3) is 7.35. The van der Waals surface area contributed by atoms with Crippen molar-refractivity contribution >= 4 is 11.9 Å². The van der Waals surface area contributed by atoms with Gasteiger partial charge in [0.25, 0.3) is 0 Å². The van der Waals surface area contributed by atoms with Gasteiger partial charge in [-0.15, -0.1) is 0 Å². The van der Waals surface area contributed by atoms with Crippen LogP contribution in [0.25, 0.3) is 0 Å². The van der Waals surface area contributed by atoms with E-state index in [1.807, 2.05) is 13.8 Å². The highest BCUT2D eigenvalue weighted by atomic mass is 16.5. The van der Waals surface area contributed by atoms with Gasteiger partial charge in [-0.25, -0.2) is 0 Å². The highest BCUT2D eigenvalue weighted by molar-refractivity contribution is 5.81. The standard InChI is InChI=1S/C18H30N4O2/c1-5-10-20-17(23)9-12-22-18(19-3)21-11-8-15-7-6-14(2)16(13-15)24-4/h6-7,13H,5,8-12H2,1-4H3,(H,20,23)(H2,19,21,22). The average Bonchev–Trinajstić information content (AvgIpc) is 2.59. The minimum atomic E-state index is 0.0616. The summed E-state index contributed by atoms with van der Waals surface area (Å²) in [6, 6.07) is 6.23. The topological polar surface area (TPSA) is 74.8 Å². The number of amides is 1. The van der Waals surface area contributed by atoms with Crippen LogP contribution < -0.4 is 20.7 Å². The Morgan fingerprint density at radius 1 is 1.17 bits per heavy atom. The maximum atomic E-state index is 11.5. The maximum absolute atomic E-state index is 11.5. The number of guanidine groups is 1. The van der Waals surface area contributed by atoms with Crippen LogP contribution in [-0.2, 0) is 11.2 Å². The Kier molecular flexibility index (Phi) is 9.34. The number of hydrogen-bond acceptors (Lipinski definition) is 3. The summed E-state index contributed by atoms with van der Waals surface area (Å²) in [7, 11) is 3.41. The molecule has 0 unspecified atom stereocenters. The molecule has 1 aromatic rings. The van der Waals surface area contributed by atoms with Gasteiger partial charge in [-0.05, 0) is 37.0 Å². The molecule has 3 N–H and O–H groups in total. The van der Waals surface area contributed by atoms with E-state index in [2.05, 4.69) is 39.1 Å². The van der Waals surface area contributed by atoms with Crippen LogP contribution in [0.5, 0.6) is 5.75 Å². The molecule has 0 aliphatic carbocycles. The molecular formula is C18H30N4O2. The molecule has 1 amide bonds. The molecule has 134 valence electrons. The summed E-state index contributed by atoms with van der Waals surface area (Å²) in [4.78, 5) is 15.7. The van der Waals surface area contributed by atoms with E-state index < -0.39 is 0 Å². The van der Waals surface area contributed by atoms with Gasteiger partial charge in [-0.1, -0.05) is 19.1 Å². The summed E-state index contributed by atoms with van der Waals surface area (Å²) >= 11 is 0. The SMILES string of the molecule is CCCNC(=O)CCNC(=NC)NCCc1ccc(C)c(OC)c1. The van der Waals surface area contributed by atoms with Crippen molar-refractivity contribution in [2.24, 2.45) is 4.99 Å². The molecule has 0 atom stereocenters. The Morgan fingerprint density at radius 2 is 1.92 bits per heavy atom. The van der Waals surface area contributed by atoms with E-state index in [4.69, 9.17) is 4.74 Å². The number of methoxy groups -OCH3 is 1. The number of aliphatic imine (C=N–C) groups is 1. The summed E-state index contributed by atoms with van der Waals surface area (Å²) in [6.45, 7) is 6.12. The fourth-order valence-electron chi connectivity index (χ4n) is 2.21. The van der Waals surface area contributed by atoms with Crippen molar-refractivity contribution in [3.05, 3.63) is 29.3 Å². The lowest BCUT2D eigenvalue weighted by Gasteiger charge is -2.12. The Labute approximate surface area is 145 Å². The molecule has 0 radical (unpaired) electrons. The van der Waals surface area contributed by atoms with Crippen LogP contribution in [0.15, 0.2) is 23.2 Å². The van der Waals surface area contributed by atoms with E-state index in [0.29, 0.717) is 18.9 Å². The number of hydrogen-bond donors (Lipinski definition) is 3. The molecule has 6 heteroatoms. The summed E-state index contributed by atoms with van der Waals surface area (Å²) in [6.07, 6.45) is 2.26. The van der Waals surface area contributed by atoms with Crippen LogP contribution in [0.1, 0.15) is 30.9 Å². The lowest BCUT2D eigenvalue weighted by Crippen LogP contribution is -2.40. The molecule has 0 heterocycles. The van der Waals surface area contributed by atoms with Crippen molar-refractivity contribution < 1.29 is 9.53 Å². The van der Waals surface area contributed by atoms with Crippen LogP contribution >= 0.6 is 0 Å². The first-order valence-electron chi connectivity index (χ1n) is 8.45. The van der Waals surface area contributed by atoms with Crippen molar-refractivity contribution in [3.8, 4) is 5.75 Å². The quantitative estimate of drug-likeness (QED) is 0.474. The first-order chi connectivity index (χ1) is 11.6. The van der Waals surface area contributed by atoms with Crippen molar-refractivity contribution in [2.75, 3.05) is 33.8 Å². The predicted molar refractivity (Wildman–Crippen MR) is 98.7 cm³/mol.